The number of carbonyl (C=O) groups is 1. The van der Waals surface area contributed by atoms with Gasteiger partial charge in [-0.3, -0.25) is 4.79 Å². The molecule has 1 saturated heterocycles. The fourth-order valence-corrected chi connectivity index (χ4v) is 2.84. The lowest BCUT2D eigenvalue weighted by Gasteiger charge is -2.21. The van der Waals surface area contributed by atoms with Crippen LogP contribution in [0.25, 0.3) is 0 Å². The van der Waals surface area contributed by atoms with Crippen molar-refractivity contribution in [3.8, 4) is 0 Å². The van der Waals surface area contributed by atoms with Crippen LogP contribution >= 0.6 is 11.6 Å². The van der Waals surface area contributed by atoms with Gasteiger partial charge in [0, 0.05) is 20.1 Å². The first kappa shape index (κ1) is 15.1. The zero-order valence-electron chi connectivity index (χ0n) is 12.2. The van der Waals surface area contributed by atoms with Crippen LogP contribution in [0.4, 0.5) is 5.82 Å². The third-order valence-corrected chi connectivity index (χ3v) is 4.32. The van der Waals surface area contributed by atoms with Gasteiger partial charge in [-0.15, -0.1) is 0 Å². The van der Waals surface area contributed by atoms with Crippen LogP contribution in [-0.4, -0.2) is 35.9 Å². The van der Waals surface area contributed by atoms with E-state index in [1.54, 1.807) is 19.2 Å². The quantitative estimate of drug-likeness (QED) is 0.929. The molecule has 2 heterocycles. The highest BCUT2D eigenvalue weighted by molar-refractivity contribution is 6.33. The fraction of sp³-hybridized carbons (Fsp3) is 0.600. The number of hydrogen-bond acceptors (Lipinski definition) is 3. The molecule has 0 saturated carbocycles. The zero-order chi connectivity index (χ0) is 14.5. The number of nitrogens with zero attached hydrogens (tertiary/aromatic N) is 2. The highest BCUT2D eigenvalue weighted by Crippen LogP contribution is 2.23. The summed E-state index contributed by atoms with van der Waals surface area (Å²) in [5, 5.41) is 3.36. The molecular weight excluding hydrogens is 274 g/mol. The molecule has 20 heavy (non-hydrogen) atoms. The molecule has 0 bridgehead atoms. The van der Waals surface area contributed by atoms with E-state index >= 15 is 0 Å². The largest absolute Gasteiger partial charge is 0.373 e. The average molecular weight is 296 g/mol. The molecule has 1 aliphatic heterocycles. The molecule has 2 rings (SSSR count). The summed E-state index contributed by atoms with van der Waals surface area (Å²) in [6.07, 6.45) is 4.54. The van der Waals surface area contributed by atoms with Crippen LogP contribution < -0.4 is 5.32 Å². The highest BCUT2D eigenvalue weighted by Gasteiger charge is 2.23. The number of rotatable bonds is 3. The van der Waals surface area contributed by atoms with Gasteiger partial charge in [-0.1, -0.05) is 24.9 Å². The Balaban J connectivity index is 2.14. The van der Waals surface area contributed by atoms with E-state index in [1.165, 1.54) is 12.8 Å². The first-order valence-electron chi connectivity index (χ1n) is 7.29. The second-order valence-electron chi connectivity index (χ2n) is 5.27. The normalized spacial score (nSPS) is 19.6. The minimum absolute atomic E-state index is 0.0520. The maximum atomic E-state index is 12.6. The molecule has 1 unspecified atom stereocenters. The van der Waals surface area contributed by atoms with Gasteiger partial charge < -0.3 is 10.2 Å². The number of aromatic nitrogens is 1. The van der Waals surface area contributed by atoms with Crippen molar-refractivity contribution < 1.29 is 4.79 Å². The lowest BCUT2D eigenvalue weighted by Crippen LogP contribution is -2.33. The van der Waals surface area contributed by atoms with Crippen LogP contribution in [0.5, 0.6) is 0 Å². The smallest absolute Gasteiger partial charge is 0.274 e. The Bertz CT molecular complexity index is 478. The second-order valence-corrected chi connectivity index (χ2v) is 5.68. The van der Waals surface area contributed by atoms with E-state index in [-0.39, 0.29) is 5.91 Å². The maximum Gasteiger partial charge on any atom is 0.274 e. The average Bonchev–Trinajstić information content (AvgIpc) is 2.72. The van der Waals surface area contributed by atoms with E-state index in [2.05, 4.69) is 17.2 Å². The van der Waals surface area contributed by atoms with Crippen LogP contribution in [0.3, 0.4) is 0 Å². The fourth-order valence-electron chi connectivity index (χ4n) is 2.66. The number of amides is 1. The van der Waals surface area contributed by atoms with Crippen LogP contribution in [0.2, 0.25) is 5.02 Å². The number of hydrogen-bond donors (Lipinski definition) is 1. The predicted molar refractivity (Wildman–Crippen MR) is 82.3 cm³/mol. The Morgan fingerprint density at radius 1 is 1.45 bits per heavy atom. The van der Waals surface area contributed by atoms with E-state index in [0.29, 0.717) is 16.5 Å². The minimum Gasteiger partial charge on any atom is -0.373 e. The van der Waals surface area contributed by atoms with Crippen molar-refractivity contribution in [2.24, 2.45) is 5.92 Å². The maximum absolute atomic E-state index is 12.6. The Morgan fingerprint density at radius 3 is 2.95 bits per heavy atom. The number of pyridine rings is 1. The van der Waals surface area contributed by atoms with Gasteiger partial charge in [0.2, 0.25) is 0 Å². The third kappa shape index (κ3) is 3.42. The van der Waals surface area contributed by atoms with Crippen molar-refractivity contribution in [3.05, 3.63) is 22.8 Å². The van der Waals surface area contributed by atoms with E-state index < -0.39 is 0 Å². The lowest BCUT2D eigenvalue weighted by molar-refractivity contribution is 0.0754. The highest BCUT2D eigenvalue weighted by atomic mass is 35.5. The monoisotopic (exact) mass is 295 g/mol. The van der Waals surface area contributed by atoms with Gasteiger partial charge in [0.25, 0.3) is 5.91 Å². The number of nitrogens with one attached hydrogen (secondary N) is 1. The third-order valence-electron chi connectivity index (χ3n) is 4.02. The molecule has 0 aliphatic carbocycles. The van der Waals surface area contributed by atoms with Crippen molar-refractivity contribution in [3.63, 3.8) is 0 Å². The van der Waals surface area contributed by atoms with Crippen LogP contribution in [0, 0.1) is 5.92 Å². The van der Waals surface area contributed by atoms with Crippen LogP contribution in [0.1, 0.15) is 43.1 Å². The van der Waals surface area contributed by atoms with Gasteiger partial charge in [-0.05, 0) is 37.3 Å². The first-order chi connectivity index (χ1) is 9.65. The molecule has 5 heteroatoms. The summed E-state index contributed by atoms with van der Waals surface area (Å²) in [5.74, 6) is 1.35. The van der Waals surface area contributed by atoms with E-state index in [1.807, 2.05) is 4.90 Å². The van der Waals surface area contributed by atoms with Gasteiger partial charge in [-0.25, -0.2) is 4.98 Å². The van der Waals surface area contributed by atoms with E-state index in [9.17, 15) is 4.79 Å². The van der Waals surface area contributed by atoms with E-state index in [0.717, 1.165) is 31.8 Å². The van der Waals surface area contributed by atoms with E-state index in [4.69, 9.17) is 11.6 Å². The van der Waals surface area contributed by atoms with Gasteiger partial charge in [0.05, 0.1) is 5.02 Å². The molecule has 0 spiro atoms. The van der Waals surface area contributed by atoms with Crippen molar-refractivity contribution >= 4 is 23.3 Å². The number of likely N-dealkylation sites (tertiary alicyclic amines) is 1. The predicted octanol–water partition coefficient (Wildman–Crippen LogP) is 3.43. The van der Waals surface area contributed by atoms with Gasteiger partial charge in [-0.2, -0.15) is 0 Å². The molecular formula is C15H22ClN3O. The molecule has 1 amide bonds. The Kier molecular flexibility index (Phi) is 5.24. The Morgan fingerprint density at radius 2 is 2.25 bits per heavy atom. The second kappa shape index (κ2) is 6.93. The molecule has 1 aromatic rings. The molecule has 110 valence electrons. The Hall–Kier alpha value is -1.29. The zero-order valence-corrected chi connectivity index (χ0v) is 12.9. The van der Waals surface area contributed by atoms with Crippen molar-refractivity contribution in [2.45, 2.75) is 32.6 Å². The van der Waals surface area contributed by atoms with Gasteiger partial charge in [0.15, 0.2) is 0 Å². The molecule has 1 aliphatic rings. The topological polar surface area (TPSA) is 45.2 Å². The molecule has 1 N–H and O–H groups in total. The molecule has 1 atom stereocenters. The standard InChI is InChI=1S/C15H22ClN3O/c1-3-11-5-4-9-19(10-8-11)15(20)14-12(16)6-7-13(17-2)18-14/h6-7,11H,3-5,8-10H2,1-2H3,(H,17,18). The Labute approximate surface area is 125 Å². The summed E-state index contributed by atoms with van der Waals surface area (Å²) >= 11 is 6.13. The summed E-state index contributed by atoms with van der Waals surface area (Å²) in [5.41, 5.74) is 0.355. The number of anilines is 1. The number of carbonyl (C=O) groups excluding carboxylic acids is 1. The molecule has 4 nitrogen and oxygen atoms in total. The SMILES string of the molecule is CCC1CCCN(C(=O)c2nc(NC)ccc2Cl)CC1. The summed E-state index contributed by atoms with van der Waals surface area (Å²) < 4.78 is 0. The van der Waals surface area contributed by atoms with Crippen LogP contribution in [0.15, 0.2) is 12.1 Å². The summed E-state index contributed by atoms with van der Waals surface area (Å²) in [4.78, 5) is 18.8. The molecule has 0 radical (unpaired) electrons. The summed E-state index contributed by atoms with van der Waals surface area (Å²) in [6.45, 7) is 3.83. The van der Waals surface area contributed by atoms with Crippen molar-refractivity contribution in [1.82, 2.24) is 9.88 Å². The molecule has 0 aromatic carbocycles. The van der Waals surface area contributed by atoms with Crippen LogP contribution in [-0.2, 0) is 0 Å². The minimum atomic E-state index is -0.0520. The van der Waals surface area contributed by atoms with Gasteiger partial charge in [0.1, 0.15) is 11.5 Å². The number of halogens is 1. The lowest BCUT2D eigenvalue weighted by atomic mass is 9.98. The molecule has 1 aromatic heterocycles. The van der Waals surface area contributed by atoms with Crippen molar-refractivity contribution in [1.29, 1.82) is 0 Å². The summed E-state index contributed by atoms with van der Waals surface area (Å²) in [6, 6.07) is 3.49. The summed E-state index contributed by atoms with van der Waals surface area (Å²) in [7, 11) is 1.78. The van der Waals surface area contributed by atoms with Crippen molar-refractivity contribution in [2.75, 3.05) is 25.5 Å². The van der Waals surface area contributed by atoms with Gasteiger partial charge >= 0.3 is 0 Å². The molecule has 1 fully saturated rings. The first-order valence-corrected chi connectivity index (χ1v) is 7.67.